The van der Waals surface area contributed by atoms with Gasteiger partial charge in [-0.15, -0.1) is 11.8 Å². The van der Waals surface area contributed by atoms with Crippen LogP contribution in [0, 0.1) is 11.3 Å². The number of halogens is 6. The molecule has 3 aromatic rings. The Labute approximate surface area is 194 Å². The first-order chi connectivity index (χ1) is 15.6. The normalized spacial score (nSPS) is 12.9. The fraction of sp³-hybridized carbons (Fsp3) is 0.429. The first-order valence-corrected chi connectivity index (χ1v) is 10.9. The number of rotatable bonds is 5. The van der Waals surface area contributed by atoms with Crippen molar-refractivity contribution in [3.8, 4) is 17.6 Å². The molecule has 3 rings (SSSR count). The summed E-state index contributed by atoms with van der Waals surface area (Å²) in [6.07, 6.45) is -8.82. The fourth-order valence-electron chi connectivity index (χ4n) is 3.39. The smallest absolute Gasteiger partial charge is 0.321 e. The third kappa shape index (κ3) is 4.77. The zero-order chi connectivity index (χ0) is 25.6. The number of hydrogen-bond donors (Lipinski definition) is 0. The summed E-state index contributed by atoms with van der Waals surface area (Å²) in [6, 6.07) is 4.31. The molecule has 13 heteroatoms. The Morgan fingerprint density at radius 3 is 2.32 bits per heavy atom. The third-order valence-corrected chi connectivity index (χ3v) is 6.04. The van der Waals surface area contributed by atoms with E-state index in [-0.39, 0.29) is 16.1 Å². The first-order valence-electron chi connectivity index (χ1n) is 9.90. The van der Waals surface area contributed by atoms with E-state index < -0.39 is 46.6 Å². The van der Waals surface area contributed by atoms with Gasteiger partial charge in [0.1, 0.15) is 23.4 Å². The van der Waals surface area contributed by atoms with Crippen molar-refractivity contribution in [3.63, 3.8) is 0 Å². The van der Waals surface area contributed by atoms with Crippen molar-refractivity contribution in [2.75, 3.05) is 5.75 Å². The van der Waals surface area contributed by atoms with Gasteiger partial charge in [0.2, 0.25) is 0 Å². The highest BCUT2D eigenvalue weighted by atomic mass is 32.2. The fourth-order valence-corrected chi connectivity index (χ4v) is 4.19. The number of fused-ring (bicyclic) bond motifs is 1. The van der Waals surface area contributed by atoms with Crippen molar-refractivity contribution < 1.29 is 26.3 Å². The maximum atomic E-state index is 13.5. The monoisotopic (exact) mass is 503 g/mol. The van der Waals surface area contributed by atoms with Crippen LogP contribution >= 0.6 is 11.8 Å². The second-order valence-corrected chi connectivity index (χ2v) is 9.31. The molecule has 0 atom stereocenters. The molecule has 34 heavy (non-hydrogen) atoms. The average Bonchev–Trinajstić information content (AvgIpc) is 3.05. The molecule has 6 nitrogen and oxygen atoms in total. The summed E-state index contributed by atoms with van der Waals surface area (Å²) in [5, 5.41) is 9.41. The van der Waals surface area contributed by atoms with Crippen LogP contribution in [0.15, 0.2) is 28.0 Å². The van der Waals surface area contributed by atoms with Crippen molar-refractivity contribution >= 4 is 22.8 Å². The molecule has 3 aromatic heterocycles. The quantitative estimate of drug-likeness (QED) is 0.349. The number of thioether (sulfide) groups is 1. The maximum Gasteiger partial charge on any atom is 0.431 e. The van der Waals surface area contributed by atoms with E-state index in [1.807, 2.05) is 6.92 Å². The Kier molecular flexibility index (Phi) is 6.51. The summed E-state index contributed by atoms with van der Waals surface area (Å²) < 4.78 is 80.3. The van der Waals surface area contributed by atoms with Crippen LogP contribution in [0.1, 0.15) is 32.0 Å². The highest BCUT2D eigenvalue weighted by molar-refractivity contribution is 7.99. The molecule has 0 aromatic carbocycles. The highest BCUT2D eigenvalue weighted by Crippen LogP contribution is 2.36. The SMILES string of the molecule is CCSc1cc(C(C)(C)C#N)cnc1-c1nc2cc(C(F)(F)F)n(CC(F)(F)F)c(=O)c2n1C. The van der Waals surface area contributed by atoms with E-state index in [2.05, 4.69) is 16.0 Å². The van der Waals surface area contributed by atoms with Crippen molar-refractivity contribution in [3.05, 3.63) is 39.9 Å². The van der Waals surface area contributed by atoms with Crippen LogP contribution in [0.4, 0.5) is 26.3 Å². The Hall–Kier alpha value is -3.01. The van der Waals surface area contributed by atoms with Crippen molar-refractivity contribution in [1.82, 2.24) is 19.1 Å². The molecule has 0 N–H and O–H groups in total. The molecular formula is C21H19F6N5OS. The molecule has 0 saturated carbocycles. The lowest BCUT2D eigenvalue weighted by Crippen LogP contribution is -2.34. The van der Waals surface area contributed by atoms with Crippen LogP contribution in [0.3, 0.4) is 0 Å². The average molecular weight is 503 g/mol. The summed E-state index contributed by atoms with van der Waals surface area (Å²) in [5.74, 6) is 0.605. The predicted molar refractivity (Wildman–Crippen MR) is 114 cm³/mol. The Bertz CT molecular complexity index is 1350. The lowest BCUT2D eigenvalue weighted by atomic mass is 9.87. The molecule has 0 radical (unpaired) electrons. The van der Waals surface area contributed by atoms with Gasteiger partial charge >= 0.3 is 12.4 Å². The van der Waals surface area contributed by atoms with Crippen LogP contribution in [0.2, 0.25) is 0 Å². The molecule has 0 saturated heterocycles. The minimum atomic E-state index is -5.21. The van der Waals surface area contributed by atoms with Crippen LogP contribution in [-0.2, 0) is 25.2 Å². The molecular weight excluding hydrogens is 484 g/mol. The molecule has 0 unspecified atom stereocenters. The largest absolute Gasteiger partial charge is 0.431 e. The summed E-state index contributed by atoms with van der Waals surface area (Å²) in [7, 11) is 1.33. The number of aryl methyl sites for hydroxylation is 1. The van der Waals surface area contributed by atoms with Gasteiger partial charge in [-0.1, -0.05) is 6.92 Å². The number of aromatic nitrogens is 4. The van der Waals surface area contributed by atoms with E-state index in [4.69, 9.17) is 0 Å². The molecule has 0 fully saturated rings. The first kappa shape index (κ1) is 25.6. The Balaban J connectivity index is 2.33. The number of hydrogen-bond acceptors (Lipinski definition) is 5. The van der Waals surface area contributed by atoms with Crippen LogP contribution in [0.25, 0.3) is 22.6 Å². The van der Waals surface area contributed by atoms with Gasteiger partial charge in [-0.05, 0) is 37.3 Å². The second-order valence-electron chi connectivity index (χ2n) is 8.00. The molecule has 0 aliphatic rings. The zero-order valence-electron chi connectivity index (χ0n) is 18.5. The van der Waals surface area contributed by atoms with E-state index in [1.54, 1.807) is 19.9 Å². The topological polar surface area (TPSA) is 76.5 Å². The molecule has 0 amide bonds. The van der Waals surface area contributed by atoms with Gasteiger partial charge < -0.3 is 4.57 Å². The summed E-state index contributed by atoms with van der Waals surface area (Å²) in [6.45, 7) is 3.16. The lowest BCUT2D eigenvalue weighted by Gasteiger charge is -2.18. The summed E-state index contributed by atoms with van der Waals surface area (Å²) >= 11 is 1.34. The molecule has 0 aliphatic heterocycles. The van der Waals surface area contributed by atoms with E-state index >= 15 is 0 Å². The third-order valence-electron chi connectivity index (χ3n) is 5.13. The van der Waals surface area contributed by atoms with Crippen LogP contribution in [0.5, 0.6) is 0 Å². The molecule has 3 heterocycles. The lowest BCUT2D eigenvalue weighted by molar-refractivity contribution is -0.159. The van der Waals surface area contributed by atoms with Gasteiger partial charge in [-0.3, -0.25) is 14.3 Å². The van der Waals surface area contributed by atoms with Crippen LogP contribution < -0.4 is 5.56 Å². The van der Waals surface area contributed by atoms with Gasteiger partial charge in [0.25, 0.3) is 5.56 Å². The van der Waals surface area contributed by atoms with Gasteiger partial charge in [0, 0.05) is 18.1 Å². The van der Waals surface area contributed by atoms with E-state index in [1.165, 1.54) is 25.0 Å². The van der Waals surface area contributed by atoms with Gasteiger partial charge in [0.05, 0.1) is 17.0 Å². The van der Waals surface area contributed by atoms with Gasteiger partial charge in [-0.2, -0.15) is 31.6 Å². The Morgan fingerprint density at radius 1 is 1.15 bits per heavy atom. The molecule has 0 bridgehead atoms. The number of nitriles is 1. The number of imidazole rings is 1. The number of alkyl halides is 6. The maximum absolute atomic E-state index is 13.5. The minimum absolute atomic E-state index is 0.0160. The highest BCUT2D eigenvalue weighted by Gasteiger charge is 2.40. The van der Waals surface area contributed by atoms with E-state index in [0.717, 1.165) is 4.57 Å². The standard InChI is InChI=1S/C21H19F6N5OS/c1-5-34-13-6-11(19(2,3)9-28)8-29-15(13)17-30-12-7-14(21(25,26)27)32(10-20(22,23)24)18(33)16(12)31(17)4/h6-8H,5,10H2,1-4H3. The van der Waals surface area contributed by atoms with Crippen molar-refractivity contribution in [2.24, 2.45) is 7.05 Å². The summed E-state index contributed by atoms with van der Waals surface area (Å²) in [5.41, 5.74) is -4.05. The van der Waals surface area contributed by atoms with Gasteiger partial charge in [0.15, 0.2) is 5.82 Å². The predicted octanol–water partition coefficient (Wildman–Crippen LogP) is 5.29. The molecule has 182 valence electrons. The number of nitrogens with zero attached hydrogens (tertiary/aromatic N) is 5. The number of pyridine rings is 2. The van der Waals surface area contributed by atoms with Crippen molar-refractivity contribution in [2.45, 2.75) is 50.0 Å². The molecule has 0 aliphatic carbocycles. The zero-order valence-corrected chi connectivity index (χ0v) is 19.3. The van der Waals surface area contributed by atoms with Gasteiger partial charge in [-0.25, -0.2) is 4.98 Å². The molecule has 0 spiro atoms. The van der Waals surface area contributed by atoms with Crippen molar-refractivity contribution in [1.29, 1.82) is 5.26 Å². The second kappa shape index (κ2) is 8.65. The Morgan fingerprint density at radius 2 is 1.79 bits per heavy atom. The van der Waals surface area contributed by atoms with E-state index in [9.17, 15) is 36.4 Å². The van der Waals surface area contributed by atoms with Crippen LogP contribution in [-0.4, -0.2) is 31.0 Å². The summed E-state index contributed by atoms with van der Waals surface area (Å²) in [4.78, 5) is 21.9. The van der Waals surface area contributed by atoms with E-state index in [0.29, 0.717) is 22.3 Å². The minimum Gasteiger partial charge on any atom is -0.321 e.